The monoisotopic (exact) mass is 368 g/mol. The molecule has 7 nitrogen and oxygen atoms in total. The number of rotatable bonds is 4. The van der Waals surface area contributed by atoms with Crippen molar-refractivity contribution < 1.29 is 14.3 Å². The van der Waals surface area contributed by atoms with Gasteiger partial charge in [0.15, 0.2) is 0 Å². The largest absolute Gasteiger partial charge is 0.494 e. The Morgan fingerprint density at radius 1 is 1.19 bits per heavy atom. The number of fused-ring (bicyclic) bond motifs is 1. The number of carbonyl (C=O) groups is 2. The highest BCUT2D eigenvalue weighted by atomic mass is 32.1. The second-order valence-electron chi connectivity index (χ2n) is 5.96. The molecule has 0 bridgehead atoms. The lowest BCUT2D eigenvalue weighted by Gasteiger charge is -2.19. The zero-order valence-electron chi connectivity index (χ0n) is 14.1. The molecular weight excluding hydrogens is 352 g/mol. The molecule has 1 N–H and O–H groups in total. The molecule has 0 unspecified atom stereocenters. The van der Waals surface area contributed by atoms with Gasteiger partial charge in [-0.3, -0.25) is 9.59 Å². The molecule has 0 spiro atoms. The standard InChI is InChI=1S/C18H16N4O3S/c1-25-16-10-12(5-7-15(16)22-8-2-3-17(22)23)19-18(24)11-4-6-13-14(9-11)21-26-20-13/h4-7,9-10H,2-3,8H2,1H3,(H,19,24). The van der Waals surface area contributed by atoms with Crippen LogP contribution in [0.25, 0.3) is 11.0 Å². The summed E-state index contributed by atoms with van der Waals surface area (Å²) in [6.07, 6.45) is 1.39. The summed E-state index contributed by atoms with van der Waals surface area (Å²) in [5, 5.41) is 2.85. The van der Waals surface area contributed by atoms with Crippen LogP contribution in [0, 0.1) is 0 Å². The predicted octanol–water partition coefficient (Wildman–Crippen LogP) is 3.08. The number of hydrogen-bond acceptors (Lipinski definition) is 6. The van der Waals surface area contributed by atoms with Crippen molar-refractivity contribution in [1.82, 2.24) is 8.75 Å². The number of hydrogen-bond donors (Lipinski definition) is 1. The normalized spacial score (nSPS) is 14.0. The number of aromatic nitrogens is 2. The van der Waals surface area contributed by atoms with E-state index in [1.165, 1.54) is 0 Å². The number of amides is 2. The topological polar surface area (TPSA) is 84.4 Å². The van der Waals surface area contributed by atoms with E-state index >= 15 is 0 Å². The second kappa shape index (κ2) is 6.72. The Hall–Kier alpha value is -3.00. The van der Waals surface area contributed by atoms with E-state index in [1.54, 1.807) is 48.4 Å². The van der Waals surface area contributed by atoms with Crippen LogP contribution in [0.5, 0.6) is 5.75 Å². The van der Waals surface area contributed by atoms with Crippen molar-refractivity contribution in [1.29, 1.82) is 0 Å². The minimum Gasteiger partial charge on any atom is -0.494 e. The fraction of sp³-hybridized carbons (Fsp3) is 0.222. The van der Waals surface area contributed by atoms with E-state index in [1.807, 2.05) is 0 Å². The van der Waals surface area contributed by atoms with Gasteiger partial charge in [0.1, 0.15) is 16.8 Å². The van der Waals surface area contributed by atoms with Gasteiger partial charge in [-0.25, -0.2) is 0 Å². The van der Waals surface area contributed by atoms with Crippen LogP contribution in [0.4, 0.5) is 11.4 Å². The molecule has 0 aliphatic carbocycles. The van der Waals surface area contributed by atoms with Crippen molar-refractivity contribution in [2.75, 3.05) is 23.9 Å². The molecule has 0 saturated carbocycles. The van der Waals surface area contributed by atoms with Gasteiger partial charge in [0.2, 0.25) is 5.91 Å². The van der Waals surface area contributed by atoms with Gasteiger partial charge in [0.05, 0.1) is 24.5 Å². The van der Waals surface area contributed by atoms with E-state index in [2.05, 4.69) is 14.1 Å². The van der Waals surface area contributed by atoms with Gasteiger partial charge in [0, 0.05) is 30.3 Å². The zero-order chi connectivity index (χ0) is 18.1. The summed E-state index contributed by atoms with van der Waals surface area (Å²) in [4.78, 5) is 26.2. The van der Waals surface area contributed by atoms with Crippen LogP contribution in [-0.4, -0.2) is 34.2 Å². The quantitative estimate of drug-likeness (QED) is 0.765. The third kappa shape index (κ3) is 2.99. The molecule has 1 aromatic heterocycles. The van der Waals surface area contributed by atoms with Gasteiger partial charge in [-0.1, -0.05) is 0 Å². The summed E-state index contributed by atoms with van der Waals surface area (Å²) in [5.74, 6) is 0.398. The first-order valence-corrected chi connectivity index (χ1v) is 8.91. The molecular formula is C18H16N4O3S. The molecule has 0 radical (unpaired) electrons. The molecule has 2 aromatic carbocycles. The lowest BCUT2D eigenvalue weighted by atomic mass is 10.1. The molecule has 8 heteroatoms. The third-order valence-electron chi connectivity index (χ3n) is 4.32. The van der Waals surface area contributed by atoms with E-state index in [-0.39, 0.29) is 11.8 Å². The molecule has 132 valence electrons. The van der Waals surface area contributed by atoms with E-state index in [4.69, 9.17) is 4.74 Å². The van der Waals surface area contributed by atoms with Crippen molar-refractivity contribution in [2.24, 2.45) is 0 Å². The number of anilines is 2. The highest BCUT2D eigenvalue weighted by molar-refractivity contribution is 7.00. The van der Waals surface area contributed by atoms with Crippen LogP contribution in [0.15, 0.2) is 36.4 Å². The van der Waals surface area contributed by atoms with E-state index in [0.29, 0.717) is 35.5 Å². The zero-order valence-corrected chi connectivity index (χ0v) is 14.9. The Kier molecular flexibility index (Phi) is 4.26. The van der Waals surface area contributed by atoms with Crippen molar-refractivity contribution >= 4 is 46.0 Å². The predicted molar refractivity (Wildman–Crippen MR) is 99.9 cm³/mol. The number of nitrogens with zero attached hydrogens (tertiary/aromatic N) is 3. The summed E-state index contributed by atoms with van der Waals surface area (Å²) < 4.78 is 13.7. The first kappa shape index (κ1) is 16.5. The number of ether oxygens (including phenoxy) is 1. The molecule has 2 amide bonds. The van der Waals surface area contributed by atoms with Crippen LogP contribution >= 0.6 is 11.7 Å². The summed E-state index contributed by atoms with van der Waals surface area (Å²) in [5.41, 5.74) is 3.29. The van der Waals surface area contributed by atoms with Crippen LogP contribution in [0.1, 0.15) is 23.2 Å². The fourth-order valence-electron chi connectivity index (χ4n) is 3.01. The molecule has 1 saturated heterocycles. The summed E-state index contributed by atoms with van der Waals surface area (Å²) in [6.45, 7) is 0.683. The van der Waals surface area contributed by atoms with E-state index < -0.39 is 0 Å². The Labute approximate surface area is 153 Å². The van der Waals surface area contributed by atoms with Gasteiger partial charge >= 0.3 is 0 Å². The maximum absolute atomic E-state index is 12.5. The van der Waals surface area contributed by atoms with Crippen molar-refractivity contribution in [2.45, 2.75) is 12.8 Å². The lowest BCUT2D eigenvalue weighted by molar-refractivity contribution is -0.117. The van der Waals surface area contributed by atoms with E-state index in [9.17, 15) is 9.59 Å². The molecule has 1 aliphatic rings. The van der Waals surface area contributed by atoms with Crippen molar-refractivity contribution in [3.05, 3.63) is 42.0 Å². The SMILES string of the molecule is COc1cc(NC(=O)c2ccc3nsnc3c2)ccc1N1CCCC1=O. The Bertz CT molecular complexity index is 1000. The number of methoxy groups -OCH3 is 1. The smallest absolute Gasteiger partial charge is 0.255 e. The molecule has 2 heterocycles. The number of nitrogens with one attached hydrogen (secondary N) is 1. The van der Waals surface area contributed by atoms with Gasteiger partial charge in [0.25, 0.3) is 5.91 Å². The lowest BCUT2D eigenvalue weighted by Crippen LogP contribution is -2.24. The average molecular weight is 368 g/mol. The fourth-order valence-corrected chi connectivity index (χ4v) is 3.53. The Morgan fingerprint density at radius 3 is 2.81 bits per heavy atom. The molecule has 0 atom stereocenters. The van der Waals surface area contributed by atoms with Crippen LogP contribution < -0.4 is 15.0 Å². The molecule has 1 fully saturated rings. The minimum absolute atomic E-state index is 0.0882. The van der Waals surface area contributed by atoms with Crippen LogP contribution in [-0.2, 0) is 4.79 Å². The Morgan fingerprint density at radius 2 is 2.04 bits per heavy atom. The van der Waals surface area contributed by atoms with Gasteiger partial charge in [-0.2, -0.15) is 8.75 Å². The molecule has 4 rings (SSSR count). The number of carbonyl (C=O) groups excluding carboxylic acids is 2. The molecule has 3 aromatic rings. The maximum atomic E-state index is 12.5. The van der Waals surface area contributed by atoms with Crippen molar-refractivity contribution in [3.8, 4) is 5.75 Å². The maximum Gasteiger partial charge on any atom is 0.255 e. The van der Waals surface area contributed by atoms with E-state index in [0.717, 1.165) is 29.4 Å². The molecule has 1 aliphatic heterocycles. The second-order valence-corrected chi connectivity index (χ2v) is 6.49. The highest BCUT2D eigenvalue weighted by Gasteiger charge is 2.24. The van der Waals surface area contributed by atoms with Crippen molar-refractivity contribution in [3.63, 3.8) is 0 Å². The number of benzene rings is 2. The van der Waals surface area contributed by atoms with Crippen LogP contribution in [0.2, 0.25) is 0 Å². The summed E-state index contributed by atoms with van der Waals surface area (Å²) in [7, 11) is 1.55. The first-order valence-electron chi connectivity index (χ1n) is 8.18. The van der Waals surface area contributed by atoms with Gasteiger partial charge in [-0.15, -0.1) is 0 Å². The third-order valence-corrected chi connectivity index (χ3v) is 4.87. The summed E-state index contributed by atoms with van der Waals surface area (Å²) >= 11 is 1.12. The van der Waals surface area contributed by atoms with Crippen LogP contribution in [0.3, 0.4) is 0 Å². The Balaban J connectivity index is 1.57. The minimum atomic E-state index is -0.244. The highest BCUT2D eigenvalue weighted by Crippen LogP contribution is 2.34. The molecule has 26 heavy (non-hydrogen) atoms. The first-order chi connectivity index (χ1) is 12.7. The van der Waals surface area contributed by atoms with Gasteiger partial charge < -0.3 is 15.0 Å². The summed E-state index contributed by atoms with van der Waals surface area (Å²) in [6, 6.07) is 10.5. The van der Waals surface area contributed by atoms with Gasteiger partial charge in [-0.05, 0) is 36.8 Å². The average Bonchev–Trinajstić information content (AvgIpc) is 3.29.